The number of aliphatic hydroxyl groups is 1. The summed E-state index contributed by atoms with van der Waals surface area (Å²) in [6.45, 7) is 5.32. The van der Waals surface area contributed by atoms with Crippen LogP contribution in [-0.4, -0.2) is 70.5 Å². The van der Waals surface area contributed by atoms with Gasteiger partial charge in [-0.25, -0.2) is 4.79 Å². The number of fused-ring (bicyclic) bond motifs is 2. The van der Waals surface area contributed by atoms with E-state index in [9.17, 15) is 37.5 Å². The van der Waals surface area contributed by atoms with Crippen molar-refractivity contribution in [2.45, 2.75) is 58.7 Å². The zero-order valence-corrected chi connectivity index (χ0v) is 24.2. The number of hydrogen-bond acceptors (Lipinski definition) is 7. The zero-order chi connectivity index (χ0) is 31.4. The number of primary amides is 1. The molecule has 2 aliphatic carbocycles. The number of carbonyl (C=O) groups is 4. The number of Topliss-reactive ketones (excluding diaryl/α,β-unsaturated/α-hetero) is 1. The molecular weight excluding hydrogens is 569 g/mol. The van der Waals surface area contributed by atoms with Crippen LogP contribution in [-0.2, 0) is 22.1 Å². The van der Waals surface area contributed by atoms with E-state index in [-0.39, 0.29) is 65.9 Å². The van der Waals surface area contributed by atoms with Gasteiger partial charge in [-0.05, 0) is 61.6 Å². The molecule has 2 amide bonds. The summed E-state index contributed by atoms with van der Waals surface area (Å²) in [5.41, 5.74) is 2.95. The van der Waals surface area contributed by atoms with Crippen molar-refractivity contribution in [2.75, 3.05) is 31.6 Å². The van der Waals surface area contributed by atoms with Crippen molar-refractivity contribution in [1.29, 1.82) is 0 Å². The maximum atomic E-state index is 14.6. The van der Waals surface area contributed by atoms with Crippen LogP contribution in [0.5, 0.6) is 0 Å². The standard InChI is InChI=1S/C30H35F3N4O6/c1-4-43-28(42)26-25(30(31,32)33)24-21(10-29(2,3)11-22(24)39)37(26)18-5-6-19(27(34)41)20(9-18)35-17-7-15-12-36(23(40)14-38)13-16(15)8-17/h5-6,9,15-17,35,38H,4,7-8,10-14H2,1-3H3,(H2,34,41)/t15-,16+,17?. The van der Waals surface area contributed by atoms with E-state index in [4.69, 9.17) is 10.5 Å². The Labute approximate surface area is 246 Å². The van der Waals surface area contributed by atoms with Gasteiger partial charge in [-0.15, -0.1) is 0 Å². The number of aliphatic hydroxyl groups excluding tert-OH is 1. The van der Waals surface area contributed by atoms with Gasteiger partial charge in [0.15, 0.2) is 5.78 Å². The van der Waals surface area contributed by atoms with Crippen LogP contribution in [0, 0.1) is 17.3 Å². The molecule has 1 aliphatic heterocycles. The van der Waals surface area contributed by atoms with Crippen molar-refractivity contribution in [1.82, 2.24) is 9.47 Å². The van der Waals surface area contributed by atoms with Gasteiger partial charge in [0.05, 0.1) is 23.3 Å². The van der Waals surface area contributed by atoms with Crippen LogP contribution < -0.4 is 11.1 Å². The van der Waals surface area contributed by atoms with E-state index in [0.29, 0.717) is 25.9 Å². The molecule has 10 nitrogen and oxygen atoms in total. The number of ketones is 1. The molecule has 3 atom stereocenters. The lowest BCUT2D eigenvalue weighted by atomic mass is 9.75. The lowest BCUT2D eigenvalue weighted by Gasteiger charge is -2.30. The number of nitrogens with zero attached hydrogens (tertiary/aromatic N) is 2. The van der Waals surface area contributed by atoms with Crippen LogP contribution in [0.4, 0.5) is 18.9 Å². The number of alkyl halides is 3. The fraction of sp³-hybridized carbons (Fsp3) is 0.533. The van der Waals surface area contributed by atoms with Gasteiger partial charge in [0.25, 0.3) is 5.91 Å². The topological polar surface area (TPSA) is 144 Å². The predicted molar refractivity (Wildman–Crippen MR) is 149 cm³/mol. The Morgan fingerprint density at radius 2 is 1.79 bits per heavy atom. The molecule has 43 heavy (non-hydrogen) atoms. The van der Waals surface area contributed by atoms with Gasteiger partial charge in [-0.3, -0.25) is 14.4 Å². The summed E-state index contributed by atoms with van der Waals surface area (Å²) in [6, 6.07) is 4.15. The number of esters is 1. The highest BCUT2D eigenvalue weighted by Crippen LogP contribution is 2.46. The van der Waals surface area contributed by atoms with Crippen LogP contribution in [0.25, 0.3) is 5.69 Å². The first-order chi connectivity index (χ1) is 20.1. The molecule has 13 heteroatoms. The second-order valence-electron chi connectivity index (χ2n) is 12.4. The number of nitrogens with two attached hydrogens (primary N) is 1. The van der Waals surface area contributed by atoms with E-state index in [2.05, 4.69) is 5.32 Å². The van der Waals surface area contributed by atoms with E-state index in [1.165, 1.54) is 25.1 Å². The predicted octanol–water partition coefficient (Wildman–Crippen LogP) is 3.57. The number of aromatic nitrogens is 1. The molecule has 1 saturated heterocycles. The first-order valence-electron chi connectivity index (χ1n) is 14.3. The molecule has 4 N–H and O–H groups in total. The quantitative estimate of drug-likeness (QED) is 0.410. The molecule has 1 aromatic carbocycles. The average Bonchev–Trinajstić information content (AvgIpc) is 3.57. The largest absolute Gasteiger partial charge is 0.461 e. The molecule has 0 radical (unpaired) electrons. The highest BCUT2D eigenvalue weighted by molar-refractivity contribution is 6.05. The Balaban J connectivity index is 1.60. The second kappa shape index (κ2) is 11.0. The molecule has 0 bridgehead atoms. The average molecular weight is 605 g/mol. The van der Waals surface area contributed by atoms with Gasteiger partial charge < -0.3 is 30.4 Å². The van der Waals surface area contributed by atoms with E-state index in [1.54, 1.807) is 18.7 Å². The van der Waals surface area contributed by atoms with Gasteiger partial charge in [-0.1, -0.05) is 13.8 Å². The number of halogens is 3. The molecule has 1 unspecified atom stereocenters. The monoisotopic (exact) mass is 604 g/mol. The zero-order valence-electron chi connectivity index (χ0n) is 24.2. The highest BCUT2D eigenvalue weighted by atomic mass is 19.4. The number of rotatable bonds is 7. The third kappa shape index (κ3) is 5.62. The normalized spacial score (nSPS) is 22.7. The number of carbonyl (C=O) groups excluding carboxylic acids is 4. The van der Waals surface area contributed by atoms with E-state index in [1.807, 2.05) is 0 Å². The summed E-state index contributed by atoms with van der Waals surface area (Å²) in [4.78, 5) is 52.3. The van der Waals surface area contributed by atoms with Crippen molar-refractivity contribution >= 4 is 29.3 Å². The fourth-order valence-corrected chi connectivity index (χ4v) is 7.03. The molecular formula is C30H35F3N4O6. The Bertz CT molecular complexity index is 1480. The highest BCUT2D eigenvalue weighted by Gasteiger charge is 2.49. The lowest BCUT2D eigenvalue weighted by Crippen LogP contribution is -2.33. The smallest absolute Gasteiger partial charge is 0.419 e. The van der Waals surface area contributed by atoms with Gasteiger partial charge in [0.2, 0.25) is 5.91 Å². The number of amides is 2. The molecule has 2 aromatic rings. The summed E-state index contributed by atoms with van der Waals surface area (Å²) in [5, 5.41) is 12.5. The number of nitrogens with one attached hydrogen (secondary N) is 1. The first kappa shape index (κ1) is 30.6. The molecule has 3 aliphatic rings. The number of hydrogen-bond donors (Lipinski definition) is 3. The molecule has 232 valence electrons. The Morgan fingerprint density at radius 3 is 2.35 bits per heavy atom. The van der Waals surface area contributed by atoms with Gasteiger partial charge in [0.1, 0.15) is 12.3 Å². The second-order valence-corrected chi connectivity index (χ2v) is 12.4. The Hall–Kier alpha value is -3.87. The van der Waals surface area contributed by atoms with E-state index in [0.717, 1.165) is 4.57 Å². The summed E-state index contributed by atoms with van der Waals surface area (Å²) in [5.74, 6) is -2.63. The van der Waals surface area contributed by atoms with Crippen molar-refractivity contribution < 1.29 is 42.2 Å². The van der Waals surface area contributed by atoms with Crippen LogP contribution in [0.15, 0.2) is 18.2 Å². The van der Waals surface area contributed by atoms with Crippen molar-refractivity contribution in [3.8, 4) is 5.69 Å². The molecule has 2 heterocycles. The van der Waals surface area contributed by atoms with E-state index >= 15 is 0 Å². The SMILES string of the molecule is CCOC(=O)c1c(C(F)(F)F)c2c(n1-c1ccc(C(N)=O)c(NC3C[C@@H]4CN(C(=O)CO)C[C@@H]4C3)c1)CC(C)(C)CC2=O. The summed E-state index contributed by atoms with van der Waals surface area (Å²) < 4.78 is 49.9. The van der Waals surface area contributed by atoms with Crippen LogP contribution in [0.1, 0.15) is 82.5 Å². The van der Waals surface area contributed by atoms with Crippen LogP contribution in [0.2, 0.25) is 0 Å². The van der Waals surface area contributed by atoms with Gasteiger partial charge in [-0.2, -0.15) is 13.2 Å². The molecule has 5 rings (SSSR count). The maximum absolute atomic E-state index is 14.6. The van der Waals surface area contributed by atoms with Crippen molar-refractivity contribution in [3.05, 3.63) is 46.3 Å². The molecule has 2 fully saturated rings. The van der Waals surface area contributed by atoms with Gasteiger partial charge in [0, 0.05) is 42.6 Å². The summed E-state index contributed by atoms with van der Waals surface area (Å²) in [7, 11) is 0. The third-order valence-corrected chi connectivity index (χ3v) is 8.71. The van der Waals surface area contributed by atoms with Crippen molar-refractivity contribution in [2.24, 2.45) is 23.0 Å². The number of anilines is 1. The summed E-state index contributed by atoms with van der Waals surface area (Å²) >= 11 is 0. The molecule has 1 saturated carbocycles. The minimum atomic E-state index is -5.02. The van der Waals surface area contributed by atoms with E-state index < -0.39 is 52.7 Å². The number of benzene rings is 1. The lowest BCUT2D eigenvalue weighted by molar-refractivity contribution is -0.138. The Morgan fingerprint density at radius 1 is 1.14 bits per heavy atom. The minimum absolute atomic E-state index is 0.0541. The third-order valence-electron chi connectivity index (χ3n) is 8.71. The minimum Gasteiger partial charge on any atom is -0.461 e. The fourth-order valence-electron chi connectivity index (χ4n) is 7.03. The van der Waals surface area contributed by atoms with Crippen LogP contribution >= 0.6 is 0 Å². The number of ether oxygens (including phenoxy) is 1. The summed E-state index contributed by atoms with van der Waals surface area (Å²) in [6.07, 6.45) is -3.72. The van der Waals surface area contributed by atoms with Crippen LogP contribution in [0.3, 0.4) is 0 Å². The van der Waals surface area contributed by atoms with Gasteiger partial charge >= 0.3 is 12.1 Å². The number of likely N-dealkylation sites (tertiary alicyclic amines) is 1. The maximum Gasteiger partial charge on any atom is 0.419 e. The molecule has 1 aromatic heterocycles. The Kier molecular flexibility index (Phi) is 7.82. The first-order valence-corrected chi connectivity index (χ1v) is 14.3. The molecule has 0 spiro atoms. The van der Waals surface area contributed by atoms with Crippen molar-refractivity contribution in [3.63, 3.8) is 0 Å².